The zero-order valence-electron chi connectivity index (χ0n) is 19.7. The van der Waals surface area contributed by atoms with Gasteiger partial charge in [-0.15, -0.1) is 12.6 Å². The van der Waals surface area contributed by atoms with Crippen LogP contribution in [0.3, 0.4) is 0 Å². The maximum absolute atomic E-state index is 14.2. The van der Waals surface area contributed by atoms with E-state index in [1.54, 1.807) is 17.2 Å². The van der Waals surface area contributed by atoms with Crippen molar-refractivity contribution in [2.24, 2.45) is 4.99 Å². The zero-order chi connectivity index (χ0) is 24.4. The summed E-state index contributed by atoms with van der Waals surface area (Å²) in [4.78, 5) is 29.6. The molecule has 0 spiro atoms. The van der Waals surface area contributed by atoms with Crippen molar-refractivity contribution in [2.45, 2.75) is 39.7 Å². The molecule has 0 fully saturated rings. The molecule has 1 N–H and O–H groups in total. The lowest BCUT2D eigenvalue weighted by Gasteiger charge is -2.29. The van der Waals surface area contributed by atoms with Crippen molar-refractivity contribution in [3.05, 3.63) is 41.9 Å². The van der Waals surface area contributed by atoms with Crippen molar-refractivity contribution in [1.29, 1.82) is 0 Å². The molecule has 0 aliphatic carbocycles. The van der Waals surface area contributed by atoms with E-state index in [9.17, 15) is 9.18 Å². The monoisotopic (exact) mass is 476 g/mol. The van der Waals surface area contributed by atoms with E-state index in [1.807, 2.05) is 27.7 Å². The van der Waals surface area contributed by atoms with E-state index >= 15 is 0 Å². The Morgan fingerprint density at radius 2 is 2.18 bits per heavy atom. The van der Waals surface area contributed by atoms with Gasteiger partial charge in [-0.05, 0) is 46.3 Å². The zero-order valence-corrected chi connectivity index (χ0v) is 20.6. The highest BCUT2D eigenvalue weighted by molar-refractivity contribution is 7.84. The Morgan fingerprint density at radius 1 is 1.42 bits per heavy atom. The van der Waals surface area contributed by atoms with Crippen LogP contribution >= 0.6 is 12.6 Å². The molecular weight excluding hydrogens is 443 g/mol. The predicted octanol–water partition coefficient (Wildman–Crippen LogP) is 4.91. The Kier molecular flexibility index (Phi) is 9.90. The Bertz CT molecular complexity index is 926. The molecule has 0 radical (unpaired) electrons. The number of carbonyl (C=O) groups excluding carboxylic acids is 1. The van der Waals surface area contributed by atoms with Crippen LogP contribution in [0.1, 0.15) is 34.1 Å². The number of anilines is 2. The number of nitrogens with one attached hydrogen (secondary N) is 1. The Balaban J connectivity index is 2.00. The fourth-order valence-corrected chi connectivity index (χ4v) is 3.31. The number of fused-ring (bicyclic) bond motifs is 1. The predicted molar refractivity (Wildman–Crippen MR) is 135 cm³/mol. The summed E-state index contributed by atoms with van der Waals surface area (Å²) in [6.07, 6.45) is 8.05. The average Bonchev–Trinajstić information content (AvgIpc) is 2.74. The van der Waals surface area contributed by atoms with Crippen molar-refractivity contribution >= 4 is 42.3 Å². The second-order valence-corrected chi connectivity index (χ2v) is 8.85. The van der Waals surface area contributed by atoms with Gasteiger partial charge in [-0.2, -0.15) is 0 Å². The molecule has 0 saturated carbocycles. The van der Waals surface area contributed by atoms with E-state index in [2.05, 4.69) is 44.4 Å². The fraction of sp³-hybridized carbons (Fsp3) is 0.478. The van der Waals surface area contributed by atoms with E-state index in [0.29, 0.717) is 48.4 Å². The number of halogens is 1. The third-order valence-corrected chi connectivity index (χ3v) is 4.81. The molecule has 1 aromatic heterocycles. The third kappa shape index (κ3) is 8.53. The van der Waals surface area contributed by atoms with Gasteiger partial charge in [0.1, 0.15) is 23.4 Å². The molecule has 1 aromatic rings. The first-order chi connectivity index (χ1) is 15.6. The molecule has 0 atom stereocenters. The normalized spacial score (nSPS) is 14.1. The number of aromatic nitrogens is 2. The number of nitrogens with zero attached hydrogens (tertiary/aromatic N) is 5. The summed E-state index contributed by atoms with van der Waals surface area (Å²) in [5, 5.41) is 2.97. The van der Waals surface area contributed by atoms with Crippen LogP contribution in [0.15, 0.2) is 46.9 Å². The number of hydrogen-bond acceptors (Lipinski definition) is 8. The summed E-state index contributed by atoms with van der Waals surface area (Å²) < 4.78 is 19.6. The molecule has 8 nitrogen and oxygen atoms in total. The minimum absolute atomic E-state index is 0.0602. The van der Waals surface area contributed by atoms with Crippen LogP contribution in [-0.2, 0) is 4.74 Å². The van der Waals surface area contributed by atoms with Crippen LogP contribution in [0.5, 0.6) is 0 Å². The second-order valence-electron chi connectivity index (χ2n) is 8.34. The number of carbonyl (C=O) groups is 1. The van der Waals surface area contributed by atoms with Gasteiger partial charge < -0.3 is 19.9 Å². The van der Waals surface area contributed by atoms with Crippen molar-refractivity contribution in [1.82, 2.24) is 14.9 Å². The van der Waals surface area contributed by atoms with Gasteiger partial charge in [0, 0.05) is 30.8 Å². The highest BCUT2D eigenvalue weighted by atomic mass is 32.1. The second kappa shape index (κ2) is 12.4. The molecule has 1 aliphatic heterocycles. The summed E-state index contributed by atoms with van der Waals surface area (Å²) in [6, 6.07) is 0. The molecule has 1 aliphatic rings. The van der Waals surface area contributed by atoms with E-state index in [1.165, 1.54) is 18.5 Å². The van der Waals surface area contributed by atoms with Gasteiger partial charge in [0.15, 0.2) is 11.6 Å². The maximum Gasteiger partial charge on any atom is 0.410 e. The largest absolute Gasteiger partial charge is 0.444 e. The van der Waals surface area contributed by atoms with Gasteiger partial charge in [0.05, 0.1) is 13.1 Å². The molecule has 0 saturated heterocycles. The molecule has 2 heterocycles. The van der Waals surface area contributed by atoms with E-state index in [0.717, 1.165) is 6.42 Å². The van der Waals surface area contributed by atoms with Gasteiger partial charge >= 0.3 is 6.09 Å². The van der Waals surface area contributed by atoms with Crippen LogP contribution in [0.2, 0.25) is 0 Å². The molecule has 2 rings (SSSR count). The molecule has 1 amide bonds. The van der Waals surface area contributed by atoms with Gasteiger partial charge in [-0.25, -0.2) is 19.2 Å². The van der Waals surface area contributed by atoms with Gasteiger partial charge in [0.2, 0.25) is 0 Å². The minimum atomic E-state index is -0.530. The van der Waals surface area contributed by atoms with E-state index < -0.39 is 11.4 Å². The van der Waals surface area contributed by atoms with Crippen LogP contribution < -0.4 is 10.2 Å². The number of rotatable bonds is 10. The lowest BCUT2D eigenvalue weighted by Crippen LogP contribution is -2.39. The van der Waals surface area contributed by atoms with Crippen LogP contribution in [0.4, 0.5) is 26.5 Å². The minimum Gasteiger partial charge on any atom is -0.444 e. The first-order valence-corrected chi connectivity index (χ1v) is 11.3. The smallest absolute Gasteiger partial charge is 0.410 e. The summed E-state index contributed by atoms with van der Waals surface area (Å²) in [7, 11) is 0. The first-order valence-electron chi connectivity index (χ1n) is 10.9. The number of hydrogen-bond donors (Lipinski definition) is 2. The molecule has 0 aromatic carbocycles. The molecular formula is C23H33FN6O2S. The Morgan fingerprint density at radius 3 is 2.85 bits per heavy atom. The quantitative estimate of drug-likeness (QED) is 0.369. The van der Waals surface area contributed by atoms with Gasteiger partial charge in [0.25, 0.3) is 0 Å². The van der Waals surface area contributed by atoms with Crippen molar-refractivity contribution < 1.29 is 13.9 Å². The Labute approximate surface area is 200 Å². The number of thiol groups is 1. The SMILES string of the molecule is C=C/C=C(S)\C=C(\F)CNc1ncnc2c1N=CCN2CCCN(CC)C(=O)OC(C)(C)C. The topological polar surface area (TPSA) is 83.0 Å². The lowest BCUT2D eigenvalue weighted by molar-refractivity contribution is 0.0259. The van der Waals surface area contributed by atoms with Crippen molar-refractivity contribution in [3.63, 3.8) is 0 Å². The van der Waals surface area contributed by atoms with Gasteiger partial charge in [-0.1, -0.05) is 12.7 Å². The van der Waals surface area contributed by atoms with E-state index in [4.69, 9.17) is 4.74 Å². The standard InChI is InChI=1S/C23H33FN6O2S/c1-6-9-18(33)14-17(24)15-26-20-19-21(28-16-27-20)30(13-10-25-19)12-8-11-29(7-2)22(31)32-23(3,4)5/h6,9-10,14,16,33H,1,7-8,11-13,15H2,2-5H3,(H,26,27,28)/b17-14+,18-9+. The van der Waals surface area contributed by atoms with Crippen LogP contribution in [-0.4, -0.2) is 65.5 Å². The van der Waals surface area contributed by atoms with Crippen molar-refractivity contribution in [3.8, 4) is 0 Å². The van der Waals surface area contributed by atoms with E-state index in [-0.39, 0.29) is 12.6 Å². The highest BCUT2D eigenvalue weighted by Crippen LogP contribution is 2.34. The molecule has 10 heteroatoms. The lowest BCUT2D eigenvalue weighted by atomic mass is 10.2. The number of ether oxygens (including phenoxy) is 1. The summed E-state index contributed by atoms with van der Waals surface area (Å²) in [5.74, 6) is 0.715. The maximum atomic E-state index is 14.2. The molecule has 0 bridgehead atoms. The average molecular weight is 477 g/mol. The van der Waals surface area contributed by atoms with Crippen LogP contribution in [0, 0.1) is 0 Å². The summed E-state index contributed by atoms with van der Waals surface area (Å²) in [6.45, 7) is 13.4. The number of allylic oxidation sites excluding steroid dienone is 3. The summed E-state index contributed by atoms with van der Waals surface area (Å²) in [5.41, 5.74) is 0.0294. The molecule has 0 unspecified atom stereocenters. The first kappa shape index (κ1) is 26.4. The molecule has 180 valence electrons. The number of amides is 1. The third-order valence-electron chi connectivity index (χ3n) is 4.53. The van der Waals surface area contributed by atoms with Crippen LogP contribution in [0.25, 0.3) is 0 Å². The van der Waals surface area contributed by atoms with Gasteiger partial charge in [-0.3, -0.25) is 4.99 Å². The summed E-state index contributed by atoms with van der Waals surface area (Å²) >= 11 is 4.16. The Hall–Kier alpha value is -2.88. The number of aliphatic imine (C=N–C) groups is 1. The highest BCUT2D eigenvalue weighted by Gasteiger charge is 2.23. The van der Waals surface area contributed by atoms with Crippen molar-refractivity contribution in [2.75, 3.05) is 42.9 Å². The molecule has 33 heavy (non-hydrogen) atoms. The fourth-order valence-electron chi connectivity index (χ4n) is 3.07.